The van der Waals surface area contributed by atoms with E-state index in [1.54, 1.807) is 0 Å². The lowest BCUT2D eigenvalue weighted by atomic mass is 9.97. The van der Waals surface area contributed by atoms with Crippen molar-refractivity contribution in [1.29, 1.82) is 0 Å². The molecular weight excluding hydrogens is 300 g/mol. The first-order valence-electron chi connectivity index (χ1n) is 8.74. The van der Waals surface area contributed by atoms with Crippen molar-refractivity contribution in [3.8, 4) is 0 Å². The maximum atomic E-state index is 2.33. The second kappa shape index (κ2) is 5.75. The van der Waals surface area contributed by atoms with Gasteiger partial charge in [0.1, 0.15) is 0 Å². The van der Waals surface area contributed by atoms with Crippen molar-refractivity contribution in [3.63, 3.8) is 0 Å². The van der Waals surface area contributed by atoms with Gasteiger partial charge in [0.25, 0.3) is 0 Å². The molecule has 0 amide bonds. The van der Waals surface area contributed by atoms with Gasteiger partial charge in [0.05, 0.1) is 0 Å². The molecule has 0 aliphatic rings. The molecule has 0 saturated heterocycles. The first-order valence-corrected chi connectivity index (χ1v) is 8.74. The number of fused-ring (bicyclic) bond motifs is 3. The Bertz CT molecular complexity index is 1210. The topological polar surface area (TPSA) is 0 Å². The van der Waals surface area contributed by atoms with Gasteiger partial charge in [0, 0.05) is 0 Å². The zero-order chi connectivity index (χ0) is 16.6. The standard InChI is InChI=1S/C25H18/c1-2-6-21-14-18(9-11-20(21)5-1)13-19-10-12-24-16-22-7-3-4-8-23(22)17-25(24)15-19/h1-12,14-17H,13H2. The lowest BCUT2D eigenvalue weighted by molar-refractivity contribution is 1.21. The highest BCUT2D eigenvalue weighted by Crippen LogP contribution is 2.25. The number of hydrogen-bond acceptors (Lipinski definition) is 0. The van der Waals surface area contributed by atoms with Gasteiger partial charge in [-0.3, -0.25) is 0 Å². The average Bonchev–Trinajstić information content (AvgIpc) is 2.66. The van der Waals surface area contributed by atoms with Crippen molar-refractivity contribution in [3.05, 3.63) is 108 Å². The molecule has 25 heavy (non-hydrogen) atoms. The summed E-state index contributed by atoms with van der Waals surface area (Å²) in [5.41, 5.74) is 2.72. The van der Waals surface area contributed by atoms with E-state index in [1.807, 2.05) is 0 Å². The van der Waals surface area contributed by atoms with Crippen LogP contribution in [0.1, 0.15) is 11.1 Å². The SMILES string of the molecule is c1ccc2cc(Cc3ccc4cc5ccccc5cc4c3)ccc2c1. The summed E-state index contributed by atoms with van der Waals surface area (Å²) in [5.74, 6) is 0. The van der Waals surface area contributed by atoms with Gasteiger partial charge >= 0.3 is 0 Å². The molecule has 0 unspecified atom stereocenters. The van der Waals surface area contributed by atoms with Crippen molar-refractivity contribution >= 4 is 32.3 Å². The number of benzene rings is 5. The molecule has 0 aromatic heterocycles. The Hall–Kier alpha value is -3.12. The van der Waals surface area contributed by atoms with Crippen molar-refractivity contribution in [2.45, 2.75) is 6.42 Å². The largest absolute Gasteiger partial charge is 0.0616 e. The van der Waals surface area contributed by atoms with Gasteiger partial charge in [-0.2, -0.15) is 0 Å². The Morgan fingerprint density at radius 2 is 0.800 bits per heavy atom. The molecule has 0 spiro atoms. The molecule has 0 heterocycles. The summed E-state index contributed by atoms with van der Waals surface area (Å²) in [6.45, 7) is 0. The van der Waals surface area contributed by atoms with E-state index < -0.39 is 0 Å². The van der Waals surface area contributed by atoms with E-state index in [2.05, 4.69) is 97.1 Å². The van der Waals surface area contributed by atoms with Gasteiger partial charge in [-0.25, -0.2) is 0 Å². The molecule has 0 aliphatic heterocycles. The number of rotatable bonds is 2. The minimum atomic E-state index is 0.966. The first kappa shape index (κ1) is 14.2. The minimum Gasteiger partial charge on any atom is -0.0616 e. The van der Waals surface area contributed by atoms with Gasteiger partial charge in [0.15, 0.2) is 0 Å². The predicted molar refractivity (Wildman–Crippen MR) is 108 cm³/mol. The Labute approximate surface area is 147 Å². The summed E-state index contributed by atoms with van der Waals surface area (Å²) < 4.78 is 0. The molecule has 0 radical (unpaired) electrons. The third-order valence-corrected chi connectivity index (χ3v) is 4.99. The van der Waals surface area contributed by atoms with Crippen LogP contribution in [-0.2, 0) is 6.42 Å². The molecule has 5 rings (SSSR count). The maximum absolute atomic E-state index is 2.33. The normalized spacial score (nSPS) is 11.4. The lowest BCUT2D eigenvalue weighted by Gasteiger charge is -2.07. The summed E-state index contributed by atoms with van der Waals surface area (Å²) in [5, 5.41) is 7.84. The van der Waals surface area contributed by atoms with Crippen LogP contribution >= 0.6 is 0 Å². The third-order valence-electron chi connectivity index (χ3n) is 4.99. The fourth-order valence-electron chi connectivity index (χ4n) is 3.68. The molecule has 0 N–H and O–H groups in total. The fraction of sp³-hybridized carbons (Fsp3) is 0.0400. The Morgan fingerprint density at radius 3 is 1.48 bits per heavy atom. The van der Waals surface area contributed by atoms with E-state index in [0.29, 0.717) is 0 Å². The first-order chi connectivity index (χ1) is 12.3. The predicted octanol–water partition coefficient (Wildman–Crippen LogP) is 6.74. The third kappa shape index (κ3) is 2.66. The lowest BCUT2D eigenvalue weighted by Crippen LogP contribution is -1.89. The van der Waals surface area contributed by atoms with Crippen molar-refractivity contribution < 1.29 is 0 Å². The van der Waals surface area contributed by atoms with E-state index >= 15 is 0 Å². The smallest absolute Gasteiger partial charge is 0.00253 e. The Balaban J connectivity index is 1.56. The van der Waals surface area contributed by atoms with Crippen molar-refractivity contribution in [1.82, 2.24) is 0 Å². The van der Waals surface area contributed by atoms with Gasteiger partial charge < -0.3 is 0 Å². The zero-order valence-electron chi connectivity index (χ0n) is 13.9. The summed E-state index contributed by atoms with van der Waals surface area (Å²) in [6.07, 6.45) is 0.966. The van der Waals surface area contributed by atoms with E-state index in [-0.39, 0.29) is 0 Å². The van der Waals surface area contributed by atoms with Crippen LogP contribution in [0.15, 0.2) is 97.1 Å². The second-order valence-corrected chi connectivity index (χ2v) is 6.74. The molecule has 5 aromatic rings. The summed E-state index contributed by atoms with van der Waals surface area (Å²) in [6, 6.07) is 35.3. The van der Waals surface area contributed by atoms with Crippen LogP contribution in [-0.4, -0.2) is 0 Å². The summed E-state index contributed by atoms with van der Waals surface area (Å²) >= 11 is 0. The van der Waals surface area contributed by atoms with E-state index in [4.69, 9.17) is 0 Å². The molecule has 118 valence electrons. The molecule has 0 saturated carbocycles. The van der Waals surface area contributed by atoms with E-state index in [0.717, 1.165) is 6.42 Å². The van der Waals surface area contributed by atoms with Crippen LogP contribution in [0.5, 0.6) is 0 Å². The van der Waals surface area contributed by atoms with Crippen LogP contribution in [0.25, 0.3) is 32.3 Å². The molecule has 0 nitrogen and oxygen atoms in total. The Morgan fingerprint density at radius 1 is 0.360 bits per heavy atom. The molecular formula is C25H18. The minimum absolute atomic E-state index is 0.966. The van der Waals surface area contributed by atoms with Crippen molar-refractivity contribution in [2.75, 3.05) is 0 Å². The highest BCUT2D eigenvalue weighted by Gasteiger charge is 2.02. The van der Waals surface area contributed by atoms with Gasteiger partial charge in [-0.05, 0) is 62.0 Å². The number of hydrogen-bond donors (Lipinski definition) is 0. The van der Waals surface area contributed by atoms with Gasteiger partial charge in [0.2, 0.25) is 0 Å². The molecule has 0 atom stereocenters. The van der Waals surface area contributed by atoms with Gasteiger partial charge in [-0.15, -0.1) is 0 Å². The maximum Gasteiger partial charge on any atom is -0.00253 e. The molecule has 5 aromatic carbocycles. The van der Waals surface area contributed by atoms with Crippen LogP contribution in [0.4, 0.5) is 0 Å². The van der Waals surface area contributed by atoms with Gasteiger partial charge in [-0.1, -0.05) is 84.9 Å². The Kier molecular flexibility index (Phi) is 3.28. The monoisotopic (exact) mass is 318 g/mol. The van der Waals surface area contributed by atoms with Crippen LogP contribution in [0, 0.1) is 0 Å². The molecule has 0 bridgehead atoms. The highest BCUT2D eigenvalue weighted by molar-refractivity contribution is 5.98. The molecule has 0 fully saturated rings. The quantitative estimate of drug-likeness (QED) is 0.316. The van der Waals surface area contributed by atoms with Crippen LogP contribution in [0.2, 0.25) is 0 Å². The summed E-state index contributed by atoms with van der Waals surface area (Å²) in [7, 11) is 0. The van der Waals surface area contributed by atoms with E-state index in [9.17, 15) is 0 Å². The fourth-order valence-corrected chi connectivity index (χ4v) is 3.68. The van der Waals surface area contributed by atoms with E-state index in [1.165, 1.54) is 43.4 Å². The highest BCUT2D eigenvalue weighted by atomic mass is 14.1. The molecule has 0 aliphatic carbocycles. The van der Waals surface area contributed by atoms with Crippen molar-refractivity contribution in [2.24, 2.45) is 0 Å². The van der Waals surface area contributed by atoms with Crippen LogP contribution < -0.4 is 0 Å². The summed E-state index contributed by atoms with van der Waals surface area (Å²) in [4.78, 5) is 0. The zero-order valence-corrected chi connectivity index (χ0v) is 13.9. The molecule has 0 heteroatoms. The second-order valence-electron chi connectivity index (χ2n) is 6.74. The van der Waals surface area contributed by atoms with Crippen LogP contribution in [0.3, 0.4) is 0 Å². The average molecular weight is 318 g/mol.